The van der Waals surface area contributed by atoms with Gasteiger partial charge in [0.15, 0.2) is 0 Å². The summed E-state index contributed by atoms with van der Waals surface area (Å²) in [5.74, 6) is 0.403. The van der Waals surface area contributed by atoms with E-state index in [2.05, 4.69) is 10.6 Å². The first-order valence-corrected chi connectivity index (χ1v) is 8.30. The molecule has 0 spiro atoms. The second kappa shape index (κ2) is 7.68. The van der Waals surface area contributed by atoms with Crippen LogP contribution < -0.4 is 10.6 Å². The summed E-state index contributed by atoms with van der Waals surface area (Å²) >= 11 is 0. The standard InChI is InChI=1S/C18H28N2O3/c1-18(2,3)23-17(22)19-11-14-5-4-6-16(14)20-15-9-7-13(12-21)8-10-15/h7-10,14,16,20-21H,4-6,11-12H2,1-3H3,(H,19,22). The molecule has 1 amide bonds. The van der Waals surface area contributed by atoms with Crippen molar-refractivity contribution >= 4 is 11.8 Å². The molecule has 2 unspecified atom stereocenters. The Kier molecular flexibility index (Phi) is 5.88. The van der Waals surface area contributed by atoms with Crippen molar-refractivity contribution in [3.63, 3.8) is 0 Å². The van der Waals surface area contributed by atoms with E-state index >= 15 is 0 Å². The van der Waals surface area contributed by atoms with E-state index in [4.69, 9.17) is 9.84 Å². The lowest BCUT2D eigenvalue weighted by molar-refractivity contribution is 0.0519. The van der Waals surface area contributed by atoms with Crippen LogP contribution in [-0.2, 0) is 11.3 Å². The Morgan fingerprint density at radius 3 is 2.57 bits per heavy atom. The Balaban J connectivity index is 1.83. The number of hydrogen-bond donors (Lipinski definition) is 3. The number of anilines is 1. The minimum Gasteiger partial charge on any atom is -0.444 e. The highest BCUT2D eigenvalue weighted by Gasteiger charge is 2.28. The lowest BCUT2D eigenvalue weighted by Crippen LogP contribution is -2.38. The van der Waals surface area contributed by atoms with Crippen LogP contribution >= 0.6 is 0 Å². The summed E-state index contributed by atoms with van der Waals surface area (Å²) < 4.78 is 5.28. The van der Waals surface area contributed by atoms with Crippen LogP contribution in [0.5, 0.6) is 0 Å². The molecule has 128 valence electrons. The number of nitrogens with one attached hydrogen (secondary N) is 2. The SMILES string of the molecule is CC(C)(C)OC(=O)NCC1CCCC1Nc1ccc(CO)cc1. The number of benzene rings is 1. The highest BCUT2D eigenvalue weighted by Crippen LogP contribution is 2.28. The normalized spacial score (nSPS) is 21.0. The first-order valence-electron chi connectivity index (χ1n) is 8.30. The molecule has 0 aliphatic heterocycles. The van der Waals surface area contributed by atoms with Gasteiger partial charge in [0.1, 0.15) is 5.60 Å². The van der Waals surface area contributed by atoms with Crippen LogP contribution in [0.4, 0.5) is 10.5 Å². The number of carbonyl (C=O) groups excluding carboxylic acids is 1. The molecule has 0 radical (unpaired) electrons. The van der Waals surface area contributed by atoms with Gasteiger partial charge in [-0.25, -0.2) is 4.79 Å². The van der Waals surface area contributed by atoms with Crippen molar-refractivity contribution in [2.24, 2.45) is 5.92 Å². The highest BCUT2D eigenvalue weighted by molar-refractivity contribution is 5.67. The topological polar surface area (TPSA) is 70.6 Å². The lowest BCUT2D eigenvalue weighted by Gasteiger charge is -2.24. The van der Waals surface area contributed by atoms with Crippen molar-refractivity contribution < 1.29 is 14.6 Å². The summed E-state index contributed by atoms with van der Waals surface area (Å²) in [6.45, 7) is 6.28. The third kappa shape index (κ3) is 5.75. The molecule has 2 rings (SSSR count). The zero-order chi connectivity index (χ0) is 16.9. The van der Waals surface area contributed by atoms with E-state index in [1.165, 1.54) is 0 Å². The van der Waals surface area contributed by atoms with E-state index < -0.39 is 5.60 Å². The Bertz CT molecular complexity index is 508. The zero-order valence-electron chi connectivity index (χ0n) is 14.3. The fourth-order valence-corrected chi connectivity index (χ4v) is 2.92. The number of aliphatic hydroxyl groups excluding tert-OH is 1. The molecule has 1 aromatic rings. The fraction of sp³-hybridized carbons (Fsp3) is 0.611. The first kappa shape index (κ1) is 17.6. The molecule has 1 saturated carbocycles. The van der Waals surface area contributed by atoms with E-state index in [1.807, 2.05) is 45.0 Å². The highest BCUT2D eigenvalue weighted by atomic mass is 16.6. The van der Waals surface area contributed by atoms with Gasteiger partial charge in [-0.05, 0) is 57.2 Å². The number of hydrogen-bond acceptors (Lipinski definition) is 4. The largest absolute Gasteiger partial charge is 0.444 e. The summed E-state index contributed by atoms with van der Waals surface area (Å²) in [5, 5.41) is 15.5. The van der Waals surface area contributed by atoms with Crippen LogP contribution in [0.2, 0.25) is 0 Å². The summed E-state index contributed by atoms with van der Waals surface area (Å²) in [6, 6.07) is 8.17. The summed E-state index contributed by atoms with van der Waals surface area (Å²) in [6.07, 6.45) is 3.01. The molecule has 3 N–H and O–H groups in total. The summed E-state index contributed by atoms with van der Waals surface area (Å²) in [7, 11) is 0. The molecule has 5 heteroatoms. The molecule has 0 aromatic heterocycles. The molecule has 1 fully saturated rings. The van der Waals surface area contributed by atoms with Crippen molar-refractivity contribution in [3.8, 4) is 0 Å². The minimum atomic E-state index is -0.466. The quantitative estimate of drug-likeness (QED) is 0.778. The molecular weight excluding hydrogens is 292 g/mol. The maximum atomic E-state index is 11.8. The molecule has 2 atom stereocenters. The Morgan fingerprint density at radius 2 is 1.96 bits per heavy atom. The molecule has 1 aliphatic rings. The number of ether oxygens (including phenoxy) is 1. The third-order valence-electron chi connectivity index (χ3n) is 4.06. The van der Waals surface area contributed by atoms with Gasteiger partial charge in [-0.2, -0.15) is 0 Å². The molecule has 5 nitrogen and oxygen atoms in total. The van der Waals surface area contributed by atoms with Crippen LogP contribution in [0.15, 0.2) is 24.3 Å². The maximum absolute atomic E-state index is 11.8. The van der Waals surface area contributed by atoms with Gasteiger partial charge in [0.05, 0.1) is 6.61 Å². The Morgan fingerprint density at radius 1 is 1.26 bits per heavy atom. The molecule has 0 heterocycles. The molecule has 1 aliphatic carbocycles. The Labute approximate surface area is 138 Å². The number of rotatable bonds is 5. The van der Waals surface area contributed by atoms with E-state index in [0.29, 0.717) is 18.5 Å². The zero-order valence-corrected chi connectivity index (χ0v) is 14.3. The molecule has 1 aromatic carbocycles. The predicted octanol–water partition coefficient (Wildman–Crippen LogP) is 3.28. The van der Waals surface area contributed by atoms with Gasteiger partial charge < -0.3 is 20.5 Å². The molecule has 23 heavy (non-hydrogen) atoms. The van der Waals surface area contributed by atoms with Crippen LogP contribution in [0.1, 0.15) is 45.6 Å². The van der Waals surface area contributed by atoms with Gasteiger partial charge >= 0.3 is 6.09 Å². The minimum absolute atomic E-state index is 0.0616. The average molecular weight is 320 g/mol. The van der Waals surface area contributed by atoms with Crippen molar-refractivity contribution in [3.05, 3.63) is 29.8 Å². The van der Waals surface area contributed by atoms with Crippen molar-refractivity contribution in [1.82, 2.24) is 5.32 Å². The van der Waals surface area contributed by atoms with Crippen LogP contribution in [0.3, 0.4) is 0 Å². The molecule has 0 saturated heterocycles. The number of carbonyl (C=O) groups is 1. The van der Waals surface area contributed by atoms with Gasteiger partial charge in [0.25, 0.3) is 0 Å². The van der Waals surface area contributed by atoms with Gasteiger partial charge in [0, 0.05) is 18.3 Å². The summed E-state index contributed by atoms with van der Waals surface area (Å²) in [5.41, 5.74) is 1.49. The smallest absolute Gasteiger partial charge is 0.407 e. The van der Waals surface area contributed by atoms with Gasteiger partial charge in [-0.15, -0.1) is 0 Å². The van der Waals surface area contributed by atoms with Crippen LogP contribution in [0, 0.1) is 5.92 Å². The van der Waals surface area contributed by atoms with Crippen molar-refractivity contribution in [2.75, 3.05) is 11.9 Å². The predicted molar refractivity (Wildman–Crippen MR) is 91.4 cm³/mol. The van der Waals surface area contributed by atoms with Gasteiger partial charge in [0.2, 0.25) is 0 Å². The number of alkyl carbamates (subject to hydrolysis) is 1. The monoisotopic (exact) mass is 320 g/mol. The fourth-order valence-electron chi connectivity index (χ4n) is 2.92. The van der Waals surface area contributed by atoms with Gasteiger partial charge in [-0.1, -0.05) is 18.6 Å². The van der Waals surface area contributed by atoms with E-state index in [1.54, 1.807) is 0 Å². The lowest BCUT2D eigenvalue weighted by atomic mass is 10.0. The average Bonchev–Trinajstić information content (AvgIpc) is 2.91. The summed E-state index contributed by atoms with van der Waals surface area (Å²) in [4.78, 5) is 11.8. The van der Waals surface area contributed by atoms with Crippen molar-refractivity contribution in [2.45, 2.75) is 58.3 Å². The third-order valence-corrected chi connectivity index (χ3v) is 4.06. The Hall–Kier alpha value is -1.75. The number of amides is 1. The molecule has 0 bridgehead atoms. The second-order valence-corrected chi connectivity index (χ2v) is 7.18. The van der Waals surface area contributed by atoms with E-state index in [-0.39, 0.29) is 12.7 Å². The van der Waals surface area contributed by atoms with Crippen LogP contribution in [-0.4, -0.2) is 29.4 Å². The second-order valence-electron chi connectivity index (χ2n) is 7.18. The maximum Gasteiger partial charge on any atom is 0.407 e. The van der Waals surface area contributed by atoms with Crippen LogP contribution in [0.25, 0.3) is 0 Å². The molecular formula is C18H28N2O3. The van der Waals surface area contributed by atoms with E-state index in [0.717, 1.165) is 30.5 Å². The number of aliphatic hydroxyl groups is 1. The van der Waals surface area contributed by atoms with Gasteiger partial charge in [-0.3, -0.25) is 0 Å². The first-order chi connectivity index (χ1) is 10.9. The van der Waals surface area contributed by atoms with E-state index in [9.17, 15) is 4.79 Å². The van der Waals surface area contributed by atoms with Crippen molar-refractivity contribution in [1.29, 1.82) is 0 Å².